The average molecular weight is 199 g/mol. The van der Waals surface area contributed by atoms with Gasteiger partial charge in [0, 0.05) is 12.6 Å². The van der Waals surface area contributed by atoms with E-state index in [9.17, 15) is 0 Å². The first-order valence-corrected chi connectivity index (χ1v) is 4.69. The summed E-state index contributed by atoms with van der Waals surface area (Å²) in [4.78, 5) is 0. The smallest absolute Gasteiger partial charge is 0.151 e. The van der Waals surface area contributed by atoms with Gasteiger partial charge in [-0.3, -0.25) is 0 Å². The Balaban J connectivity index is 1.97. The molecule has 5 heteroatoms. The van der Waals surface area contributed by atoms with Crippen LogP contribution in [0.3, 0.4) is 0 Å². The summed E-state index contributed by atoms with van der Waals surface area (Å²) in [5.74, 6) is 0.790. The molecule has 0 saturated carbocycles. The van der Waals surface area contributed by atoms with Crippen molar-refractivity contribution in [2.24, 2.45) is 0 Å². The Bertz CT molecular complexity index is 268. The molecule has 0 amide bonds. The molecule has 2 rings (SSSR count). The third-order valence-corrected chi connectivity index (χ3v) is 2.25. The summed E-state index contributed by atoms with van der Waals surface area (Å²) in [7, 11) is 0. The molecule has 0 bridgehead atoms. The first-order valence-electron chi connectivity index (χ1n) is 4.31. The van der Waals surface area contributed by atoms with Gasteiger partial charge in [0.15, 0.2) is 5.15 Å². The van der Waals surface area contributed by atoms with Crippen molar-refractivity contribution in [1.82, 2.24) is 15.5 Å². The van der Waals surface area contributed by atoms with E-state index in [1.54, 1.807) is 6.07 Å². The molecule has 1 aromatic heterocycles. The van der Waals surface area contributed by atoms with E-state index in [2.05, 4.69) is 20.8 Å². The number of nitrogens with one attached hydrogen (secondary N) is 2. The molecule has 1 atom stereocenters. The molecule has 4 nitrogen and oxygen atoms in total. The van der Waals surface area contributed by atoms with Crippen LogP contribution in [0.5, 0.6) is 0 Å². The van der Waals surface area contributed by atoms with Crippen LogP contribution in [0, 0.1) is 0 Å². The van der Waals surface area contributed by atoms with Gasteiger partial charge in [-0.1, -0.05) is 11.6 Å². The number of anilines is 1. The van der Waals surface area contributed by atoms with Gasteiger partial charge in [-0.2, -0.15) is 0 Å². The van der Waals surface area contributed by atoms with Crippen molar-refractivity contribution in [2.75, 3.05) is 18.4 Å². The molecule has 1 unspecified atom stereocenters. The van der Waals surface area contributed by atoms with Crippen molar-refractivity contribution in [3.8, 4) is 0 Å². The standard InChI is InChI=1S/C8H11ClN4/c9-7-1-2-8(13-12-7)11-6-3-4-10-5-6/h1-2,6,10H,3-5H2,(H,11,13). The maximum Gasteiger partial charge on any atom is 0.151 e. The zero-order chi connectivity index (χ0) is 9.10. The molecule has 1 aromatic rings. The summed E-state index contributed by atoms with van der Waals surface area (Å²) in [6, 6.07) is 4.04. The minimum Gasteiger partial charge on any atom is -0.365 e. The fourth-order valence-corrected chi connectivity index (χ4v) is 1.48. The minimum absolute atomic E-state index is 0.426. The lowest BCUT2D eigenvalue weighted by atomic mass is 10.2. The monoisotopic (exact) mass is 198 g/mol. The lowest BCUT2D eigenvalue weighted by molar-refractivity contribution is 0.782. The van der Waals surface area contributed by atoms with E-state index >= 15 is 0 Å². The zero-order valence-corrected chi connectivity index (χ0v) is 7.88. The number of nitrogens with zero attached hydrogens (tertiary/aromatic N) is 2. The maximum atomic E-state index is 5.61. The molecule has 1 saturated heterocycles. The number of hydrogen-bond donors (Lipinski definition) is 2. The van der Waals surface area contributed by atoms with Crippen LogP contribution in [-0.2, 0) is 0 Å². The van der Waals surface area contributed by atoms with E-state index in [0.717, 1.165) is 25.3 Å². The van der Waals surface area contributed by atoms with Gasteiger partial charge in [-0.05, 0) is 25.1 Å². The Labute approximate surface area is 81.7 Å². The zero-order valence-electron chi connectivity index (χ0n) is 7.13. The first kappa shape index (κ1) is 8.72. The maximum absolute atomic E-state index is 5.61. The van der Waals surface area contributed by atoms with Crippen LogP contribution < -0.4 is 10.6 Å². The molecule has 2 N–H and O–H groups in total. The summed E-state index contributed by atoms with van der Waals surface area (Å²) in [5.41, 5.74) is 0. The molecule has 0 radical (unpaired) electrons. The summed E-state index contributed by atoms with van der Waals surface area (Å²) in [6.45, 7) is 2.06. The molecular weight excluding hydrogens is 188 g/mol. The third-order valence-electron chi connectivity index (χ3n) is 2.04. The quantitative estimate of drug-likeness (QED) is 0.742. The molecule has 13 heavy (non-hydrogen) atoms. The molecule has 2 heterocycles. The highest BCUT2D eigenvalue weighted by molar-refractivity contribution is 6.29. The van der Waals surface area contributed by atoms with Crippen LogP contribution in [0.25, 0.3) is 0 Å². The number of hydrogen-bond acceptors (Lipinski definition) is 4. The van der Waals surface area contributed by atoms with Crippen LogP contribution in [0.15, 0.2) is 12.1 Å². The normalized spacial score (nSPS) is 21.8. The highest BCUT2D eigenvalue weighted by Gasteiger charge is 2.13. The van der Waals surface area contributed by atoms with Crippen molar-refractivity contribution in [2.45, 2.75) is 12.5 Å². The van der Waals surface area contributed by atoms with E-state index in [0.29, 0.717) is 11.2 Å². The molecule has 0 aromatic carbocycles. The molecule has 0 spiro atoms. The van der Waals surface area contributed by atoms with Gasteiger partial charge in [-0.25, -0.2) is 0 Å². The fraction of sp³-hybridized carbons (Fsp3) is 0.500. The van der Waals surface area contributed by atoms with Crippen LogP contribution in [0.1, 0.15) is 6.42 Å². The van der Waals surface area contributed by atoms with Gasteiger partial charge in [0.05, 0.1) is 0 Å². The second-order valence-corrected chi connectivity index (χ2v) is 3.46. The largest absolute Gasteiger partial charge is 0.365 e. The average Bonchev–Trinajstić information content (AvgIpc) is 2.62. The second kappa shape index (κ2) is 3.89. The van der Waals surface area contributed by atoms with Gasteiger partial charge in [-0.15, -0.1) is 10.2 Å². The van der Waals surface area contributed by atoms with E-state index in [1.165, 1.54) is 0 Å². The summed E-state index contributed by atoms with van der Waals surface area (Å²) < 4.78 is 0. The predicted octanol–water partition coefficient (Wildman–Crippen LogP) is 0.904. The molecule has 70 valence electrons. The Morgan fingerprint density at radius 2 is 2.38 bits per heavy atom. The Hall–Kier alpha value is -0.870. The topological polar surface area (TPSA) is 49.8 Å². The number of rotatable bonds is 2. The van der Waals surface area contributed by atoms with Gasteiger partial charge in [0.2, 0.25) is 0 Å². The van der Waals surface area contributed by atoms with Crippen LogP contribution in [0.4, 0.5) is 5.82 Å². The molecule has 1 aliphatic rings. The van der Waals surface area contributed by atoms with Gasteiger partial charge >= 0.3 is 0 Å². The number of aromatic nitrogens is 2. The van der Waals surface area contributed by atoms with Crippen molar-refractivity contribution in [1.29, 1.82) is 0 Å². The van der Waals surface area contributed by atoms with Crippen molar-refractivity contribution >= 4 is 17.4 Å². The van der Waals surface area contributed by atoms with Crippen molar-refractivity contribution in [3.63, 3.8) is 0 Å². The molecule has 1 fully saturated rings. The lowest BCUT2D eigenvalue weighted by Gasteiger charge is -2.10. The Morgan fingerprint density at radius 1 is 1.46 bits per heavy atom. The summed E-state index contributed by atoms with van der Waals surface area (Å²) >= 11 is 5.61. The van der Waals surface area contributed by atoms with E-state index < -0.39 is 0 Å². The van der Waals surface area contributed by atoms with E-state index in [4.69, 9.17) is 11.6 Å². The summed E-state index contributed by atoms with van der Waals surface area (Å²) in [5, 5.41) is 14.6. The lowest BCUT2D eigenvalue weighted by Crippen LogP contribution is -2.22. The van der Waals surface area contributed by atoms with Crippen LogP contribution in [-0.4, -0.2) is 29.3 Å². The fourth-order valence-electron chi connectivity index (χ4n) is 1.38. The second-order valence-electron chi connectivity index (χ2n) is 3.08. The Morgan fingerprint density at radius 3 is 3.00 bits per heavy atom. The van der Waals surface area contributed by atoms with Crippen molar-refractivity contribution < 1.29 is 0 Å². The third kappa shape index (κ3) is 2.29. The minimum atomic E-state index is 0.426. The Kier molecular flexibility index (Phi) is 2.61. The molecular formula is C8H11ClN4. The molecule has 1 aliphatic heterocycles. The number of halogens is 1. The van der Waals surface area contributed by atoms with Crippen molar-refractivity contribution in [3.05, 3.63) is 17.3 Å². The SMILES string of the molecule is Clc1ccc(NC2CCNC2)nn1. The van der Waals surface area contributed by atoms with Gasteiger partial charge in [0.25, 0.3) is 0 Å². The van der Waals surface area contributed by atoms with E-state index in [1.807, 2.05) is 6.07 Å². The van der Waals surface area contributed by atoms with E-state index in [-0.39, 0.29) is 0 Å². The first-order chi connectivity index (χ1) is 6.34. The highest BCUT2D eigenvalue weighted by atomic mass is 35.5. The van der Waals surface area contributed by atoms with Crippen LogP contribution >= 0.6 is 11.6 Å². The van der Waals surface area contributed by atoms with Crippen LogP contribution in [0.2, 0.25) is 5.15 Å². The molecule has 0 aliphatic carbocycles. The summed E-state index contributed by atoms with van der Waals surface area (Å²) in [6.07, 6.45) is 1.13. The van der Waals surface area contributed by atoms with Gasteiger partial charge < -0.3 is 10.6 Å². The van der Waals surface area contributed by atoms with Gasteiger partial charge in [0.1, 0.15) is 5.82 Å². The highest BCUT2D eigenvalue weighted by Crippen LogP contribution is 2.09. The predicted molar refractivity (Wildman–Crippen MR) is 51.9 cm³/mol.